The van der Waals surface area contributed by atoms with E-state index in [-0.39, 0.29) is 16.6 Å². The highest BCUT2D eigenvalue weighted by Gasteiger charge is 2.17. The van der Waals surface area contributed by atoms with Crippen LogP contribution in [0.2, 0.25) is 0 Å². The molecule has 1 aromatic carbocycles. The first-order chi connectivity index (χ1) is 11.5. The minimum atomic E-state index is -3.67. The van der Waals surface area contributed by atoms with Gasteiger partial charge in [0.15, 0.2) is 0 Å². The van der Waals surface area contributed by atoms with Gasteiger partial charge in [-0.3, -0.25) is 9.78 Å². The quantitative estimate of drug-likeness (QED) is 0.775. The van der Waals surface area contributed by atoms with Crippen LogP contribution in [0.15, 0.2) is 53.7 Å². The summed E-state index contributed by atoms with van der Waals surface area (Å²) in [6.45, 7) is 0. The molecule has 24 heavy (non-hydrogen) atoms. The fraction of sp³-hybridized carbons (Fsp3) is 0.125. The van der Waals surface area contributed by atoms with Crippen molar-refractivity contribution in [3.63, 3.8) is 0 Å². The van der Waals surface area contributed by atoms with Crippen molar-refractivity contribution in [3.8, 4) is 5.75 Å². The number of nitrogens with zero attached hydrogens (tertiary/aromatic N) is 1. The number of rotatable bonds is 6. The number of hydrogen-bond acceptors (Lipinski definition) is 5. The minimum absolute atomic E-state index is 0.00388. The summed E-state index contributed by atoms with van der Waals surface area (Å²) in [6, 6.07) is 7.95. The summed E-state index contributed by atoms with van der Waals surface area (Å²) in [6.07, 6.45) is 5.97. The number of amides is 1. The monoisotopic (exact) mass is 347 g/mol. The maximum atomic E-state index is 12.0. The van der Waals surface area contributed by atoms with Crippen LogP contribution in [0.1, 0.15) is 5.56 Å². The van der Waals surface area contributed by atoms with Crippen molar-refractivity contribution in [2.75, 3.05) is 19.5 Å². The molecule has 1 heterocycles. The molecule has 0 aliphatic carbocycles. The second kappa shape index (κ2) is 7.71. The molecular weight excluding hydrogens is 330 g/mol. The summed E-state index contributed by atoms with van der Waals surface area (Å²) >= 11 is 0. The normalized spacial score (nSPS) is 11.4. The molecule has 0 radical (unpaired) electrons. The van der Waals surface area contributed by atoms with Crippen molar-refractivity contribution in [3.05, 3.63) is 54.4 Å². The average molecular weight is 347 g/mol. The highest BCUT2D eigenvalue weighted by Crippen LogP contribution is 2.25. The third-order valence-corrected chi connectivity index (χ3v) is 4.56. The minimum Gasteiger partial charge on any atom is -0.495 e. The molecule has 0 saturated carbocycles. The molecule has 0 bridgehead atoms. The van der Waals surface area contributed by atoms with Crippen molar-refractivity contribution >= 4 is 27.7 Å². The smallest absolute Gasteiger partial charge is 0.248 e. The number of carbonyl (C=O) groups excluding carboxylic acids is 1. The number of ether oxygens (including phenoxy) is 1. The van der Waals surface area contributed by atoms with Crippen LogP contribution >= 0.6 is 0 Å². The van der Waals surface area contributed by atoms with Crippen LogP contribution < -0.4 is 14.8 Å². The Hall–Kier alpha value is -2.71. The van der Waals surface area contributed by atoms with E-state index in [0.717, 1.165) is 0 Å². The Morgan fingerprint density at radius 1 is 1.21 bits per heavy atom. The molecule has 0 unspecified atom stereocenters. The molecule has 0 aliphatic rings. The standard InChI is InChI=1S/C16H17N3O4S/c1-17-24(21,22)15-11-12(3-5-14(15)23-2)4-6-16(20)19-13-7-9-18-10-8-13/h3-11,17H,1-2H3,(H,18,19,20)/b6-4+. The molecule has 2 rings (SSSR count). The molecule has 7 nitrogen and oxygen atoms in total. The van der Waals surface area contributed by atoms with Crippen molar-refractivity contribution in [1.29, 1.82) is 0 Å². The lowest BCUT2D eigenvalue weighted by Gasteiger charge is -2.09. The number of aromatic nitrogens is 1. The van der Waals surface area contributed by atoms with Crippen LogP contribution in [0.4, 0.5) is 5.69 Å². The fourth-order valence-corrected chi connectivity index (χ4v) is 2.84. The molecular formula is C16H17N3O4S. The average Bonchev–Trinajstić information content (AvgIpc) is 2.60. The van der Waals surface area contributed by atoms with Gasteiger partial charge in [-0.05, 0) is 43.0 Å². The molecule has 0 atom stereocenters. The third-order valence-electron chi connectivity index (χ3n) is 3.12. The summed E-state index contributed by atoms with van der Waals surface area (Å²) in [5.74, 6) is -0.113. The largest absolute Gasteiger partial charge is 0.495 e. The summed E-state index contributed by atoms with van der Waals surface area (Å²) in [5.41, 5.74) is 1.17. The van der Waals surface area contributed by atoms with Gasteiger partial charge in [-0.25, -0.2) is 13.1 Å². The molecule has 126 valence electrons. The Balaban J connectivity index is 2.20. The van der Waals surface area contributed by atoms with Crippen LogP contribution in [0.3, 0.4) is 0 Å². The van der Waals surface area contributed by atoms with Crippen LogP contribution in [0.5, 0.6) is 5.75 Å². The fourth-order valence-electron chi connectivity index (χ4n) is 1.91. The van der Waals surface area contributed by atoms with Crippen molar-refractivity contribution in [2.24, 2.45) is 0 Å². The van der Waals surface area contributed by atoms with Crippen LogP contribution in [0.25, 0.3) is 6.08 Å². The molecule has 1 aromatic heterocycles. The van der Waals surface area contributed by atoms with Gasteiger partial charge in [-0.1, -0.05) is 6.07 Å². The summed E-state index contributed by atoms with van der Waals surface area (Å²) < 4.78 is 31.3. The van der Waals surface area contributed by atoms with Gasteiger partial charge in [0, 0.05) is 24.2 Å². The number of pyridine rings is 1. The van der Waals surface area contributed by atoms with E-state index in [1.54, 1.807) is 30.6 Å². The summed E-state index contributed by atoms with van der Waals surface area (Å²) in [5, 5.41) is 2.67. The van der Waals surface area contributed by atoms with E-state index in [2.05, 4.69) is 15.0 Å². The molecule has 2 N–H and O–H groups in total. The second-order valence-electron chi connectivity index (χ2n) is 4.68. The van der Waals surface area contributed by atoms with E-state index in [4.69, 9.17) is 4.74 Å². The highest BCUT2D eigenvalue weighted by molar-refractivity contribution is 7.89. The summed E-state index contributed by atoms with van der Waals surface area (Å²) in [4.78, 5) is 15.7. The lowest BCUT2D eigenvalue weighted by molar-refractivity contribution is -0.111. The second-order valence-corrected chi connectivity index (χ2v) is 6.53. The zero-order valence-electron chi connectivity index (χ0n) is 13.2. The molecule has 0 spiro atoms. The number of anilines is 1. The Bertz CT molecular complexity index is 849. The van der Waals surface area contributed by atoms with Crippen LogP contribution in [-0.2, 0) is 14.8 Å². The zero-order chi connectivity index (χ0) is 17.6. The van der Waals surface area contributed by atoms with E-state index in [0.29, 0.717) is 11.3 Å². The summed E-state index contributed by atoms with van der Waals surface area (Å²) in [7, 11) is -0.957. The van der Waals surface area contributed by atoms with Crippen LogP contribution in [-0.4, -0.2) is 33.5 Å². The van der Waals surface area contributed by atoms with Crippen molar-refractivity contribution in [1.82, 2.24) is 9.71 Å². The first-order valence-electron chi connectivity index (χ1n) is 6.97. The van der Waals surface area contributed by atoms with Crippen molar-refractivity contribution < 1.29 is 17.9 Å². The zero-order valence-corrected chi connectivity index (χ0v) is 14.0. The maximum absolute atomic E-state index is 12.0. The van der Waals surface area contributed by atoms with Gasteiger partial charge in [0.05, 0.1) is 7.11 Å². The van der Waals surface area contributed by atoms with Gasteiger partial charge >= 0.3 is 0 Å². The van der Waals surface area contributed by atoms with Gasteiger partial charge in [0.1, 0.15) is 10.6 Å². The van der Waals surface area contributed by atoms with E-state index in [9.17, 15) is 13.2 Å². The third kappa shape index (κ3) is 4.40. The highest BCUT2D eigenvalue weighted by atomic mass is 32.2. The first kappa shape index (κ1) is 17.6. The van der Waals surface area contributed by atoms with Gasteiger partial charge in [-0.15, -0.1) is 0 Å². The Kier molecular flexibility index (Phi) is 5.67. The van der Waals surface area contributed by atoms with Crippen LogP contribution in [0, 0.1) is 0 Å². The van der Waals surface area contributed by atoms with E-state index in [1.165, 1.54) is 38.4 Å². The van der Waals surface area contributed by atoms with Gasteiger partial charge in [-0.2, -0.15) is 0 Å². The van der Waals surface area contributed by atoms with E-state index < -0.39 is 10.0 Å². The van der Waals surface area contributed by atoms with Gasteiger partial charge in [0.25, 0.3) is 0 Å². The van der Waals surface area contributed by atoms with Crippen molar-refractivity contribution in [2.45, 2.75) is 4.90 Å². The SMILES string of the molecule is CNS(=O)(=O)c1cc(/C=C/C(=O)Nc2ccncc2)ccc1OC. The predicted octanol–water partition coefficient (Wildman–Crippen LogP) is 1.65. The first-order valence-corrected chi connectivity index (χ1v) is 8.45. The van der Waals surface area contributed by atoms with Gasteiger partial charge < -0.3 is 10.1 Å². The number of sulfonamides is 1. The lowest BCUT2D eigenvalue weighted by Crippen LogP contribution is -2.19. The molecule has 1 amide bonds. The predicted molar refractivity (Wildman–Crippen MR) is 91.1 cm³/mol. The van der Waals surface area contributed by atoms with E-state index in [1.807, 2.05) is 0 Å². The Labute approximate surface area is 140 Å². The molecule has 2 aromatic rings. The number of carbonyl (C=O) groups is 1. The number of methoxy groups -OCH3 is 1. The van der Waals surface area contributed by atoms with E-state index >= 15 is 0 Å². The molecule has 0 aliphatic heterocycles. The maximum Gasteiger partial charge on any atom is 0.248 e. The van der Waals surface area contributed by atoms with Gasteiger partial charge in [0.2, 0.25) is 15.9 Å². The molecule has 0 fully saturated rings. The lowest BCUT2D eigenvalue weighted by atomic mass is 10.2. The number of nitrogens with one attached hydrogen (secondary N) is 2. The topological polar surface area (TPSA) is 97.4 Å². The number of hydrogen-bond donors (Lipinski definition) is 2. The molecule has 0 saturated heterocycles. The molecule has 8 heteroatoms. The Morgan fingerprint density at radius 2 is 1.92 bits per heavy atom. The number of benzene rings is 1. The Morgan fingerprint density at radius 3 is 2.54 bits per heavy atom.